The largest absolute Gasteiger partial charge is 0.469 e. The van der Waals surface area contributed by atoms with Gasteiger partial charge in [-0.05, 0) is 204 Å². The molecule has 7 aromatic carbocycles. The first kappa shape index (κ1) is 109. The van der Waals surface area contributed by atoms with Gasteiger partial charge in [-0.3, -0.25) is 47.9 Å². The highest BCUT2D eigenvalue weighted by atomic mass is 127. The average molecular weight is 1950 g/mol. The third kappa shape index (κ3) is 24.1. The van der Waals surface area contributed by atoms with Crippen molar-refractivity contribution in [3.8, 4) is 0 Å². The maximum Gasteiger partial charge on any atom is 0.416 e. The lowest BCUT2D eigenvalue weighted by Crippen LogP contribution is -2.46. The number of ether oxygens (including phenoxy) is 6. The Balaban J connectivity index is 0.000000244. The first-order chi connectivity index (χ1) is 61.3. The predicted molar refractivity (Wildman–Crippen MR) is 491 cm³/mol. The number of nitrogens with zero attached hydrogens (tertiary/aromatic N) is 5. The van der Waals surface area contributed by atoms with Gasteiger partial charge >= 0.3 is 42.4 Å². The fourth-order valence-electron chi connectivity index (χ4n) is 17.4. The quantitative estimate of drug-likeness (QED) is 0.0190. The van der Waals surface area contributed by atoms with Crippen LogP contribution in [0.3, 0.4) is 0 Å². The highest BCUT2D eigenvalue weighted by Gasteiger charge is 2.61. The molecule has 0 radical (unpaired) electrons. The third-order valence-corrected chi connectivity index (χ3v) is 24.4. The number of methoxy groups -OCH3 is 6. The van der Waals surface area contributed by atoms with E-state index in [4.69, 9.17) is 34.2 Å². The van der Waals surface area contributed by atoms with E-state index < -0.39 is 105 Å². The normalized spacial score (nSPS) is 21.0. The molecular weight excluding hydrogens is 1830 g/mol. The molecule has 4 N–H and O–H groups in total. The number of aryl methyl sites for hydroxylation is 11. The van der Waals surface area contributed by atoms with Gasteiger partial charge in [-0.2, -0.15) is 39.5 Å². The summed E-state index contributed by atoms with van der Waals surface area (Å²) < 4.78 is 144. The molecule has 5 aliphatic rings. The van der Waals surface area contributed by atoms with Crippen molar-refractivity contribution in [1.82, 2.24) is 0 Å². The van der Waals surface area contributed by atoms with E-state index in [1.807, 2.05) is 174 Å². The van der Waals surface area contributed by atoms with Gasteiger partial charge in [0.15, 0.2) is 18.3 Å². The molecular formula is C97H119F9IN7O17. The highest BCUT2D eigenvalue weighted by molar-refractivity contribution is 14.1. The van der Waals surface area contributed by atoms with E-state index in [9.17, 15) is 92.6 Å². The molecule has 8 atom stereocenters. The van der Waals surface area contributed by atoms with Crippen LogP contribution in [-0.2, 0) is 94.9 Å². The smallest absolute Gasteiger partial charge is 0.416 e. The second-order valence-corrected chi connectivity index (χ2v) is 34.5. The van der Waals surface area contributed by atoms with Crippen LogP contribution < -0.4 is 35.6 Å². The highest BCUT2D eigenvalue weighted by Crippen LogP contribution is 2.48. The van der Waals surface area contributed by atoms with Gasteiger partial charge in [0.25, 0.3) is 17.7 Å². The lowest BCUT2D eigenvalue weighted by molar-refractivity contribution is -0.161. The van der Waals surface area contributed by atoms with Gasteiger partial charge < -0.3 is 69.1 Å². The number of amides is 6. The van der Waals surface area contributed by atoms with Gasteiger partial charge in [-0.25, -0.2) is 0 Å². The Morgan fingerprint density at radius 3 is 1.10 bits per heavy atom. The molecule has 5 fully saturated rings. The molecule has 5 heterocycles. The number of nitrogen functional groups attached to an aromatic ring is 1. The summed E-state index contributed by atoms with van der Waals surface area (Å²) in [5, 5.41) is 12.9. The summed E-state index contributed by atoms with van der Waals surface area (Å²) in [6, 6.07) is 33.4. The number of carbonyl (C=O) groups is 10. The Kier molecular flexibility index (Phi) is 37.7. The Hall–Kier alpha value is -11.0. The monoisotopic (exact) mass is 1950 g/mol. The topological polar surface area (TPSA) is 301 Å². The zero-order valence-corrected chi connectivity index (χ0v) is 80.1. The second-order valence-electron chi connectivity index (χ2n) is 33.0. The number of hydrogen-bond donors (Lipinski definition) is 3. The number of nitrogens with one attached hydrogen (secondary N) is 1. The molecule has 0 saturated carbocycles. The number of halogens is 10. The van der Waals surface area contributed by atoms with Crippen LogP contribution in [0.2, 0.25) is 0 Å². The van der Waals surface area contributed by atoms with Crippen LogP contribution in [0.15, 0.2) is 127 Å². The van der Waals surface area contributed by atoms with E-state index in [1.165, 1.54) is 65.0 Å². The van der Waals surface area contributed by atoms with Gasteiger partial charge in [0.2, 0.25) is 17.7 Å². The molecule has 131 heavy (non-hydrogen) atoms. The Bertz CT molecular complexity index is 5190. The first-order valence-corrected chi connectivity index (χ1v) is 43.8. The van der Waals surface area contributed by atoms with Crippen LogP contribution in [0.5, 0.6) is 0 Å². The van der Waals surface area contributed by atoms with Gasteiger partial charge in [-0.1, -0.05) is 148 Å². The molecule has 7 aromatic rings. The molecule has 24 nitrogen and oxygen atoms in total. The van der Waals surface area contributed by atoms with Crippen molar-refractivity contribution in [2.24, 2.45) is 27.6 Å². The Morgan fingerprint density at radius 2 is 0.756 bits per heavy atom. The predicted octanol–water partition coefficient (Wildman–Crippen LogP) is 18.0. The van der Waals surface area contributed by atoms with Crippen molar-refractivity contribution < 1.29 is 121 Å². The van der Waals surface area contributed by atoms with E-state index in [1.54, 1.807) is 33.4 Å². The van der Waals surface area contributed by atoms with E-state index >= 15 is 0 Å². The minimum Gasteiger partial charge on any atom is -0.469 e. The summed E-state index contributed by atoms with van der Waals surface area (Å²) in [5.74, 6) is -3.43. The summed E-state index contributed by atoms with van der Waals surface area (Å²) in [6.45, 7) is 31.7. The van der Waals surface area contributed by atoms with Crippen LogP contribution >= 0.6 is 22.6 Å². The minimum atomic E-state index is -4.84. The van der Waals surface area contributed by atoms with Crippen molar-refractivity contribution in [1.29, 1.82) is 0 Å². The van der Waals surface area contributed by atoms with Crippen molar-refractivity contribution in [2.75, 3.05) is 115 Å². The number of rotatable bonds is 17. The lowest BCUT2D eigenvalue weighted by atomic mass is 9.80. The van der Waals surface area contributed by atoms with E-state index in [0.717, 1.165) is 96.2 Å². The summed E-state index contributed by atoms with van der Waals surface area (Å²) in [4.78, 5) is 133. The number of aliphatic hydroxyl groups is 1. The standard InChI is InChI=1S/C24H27F3N2O3.C17H23NO4.C16H21NO4.C16H21NO3.C14H17NO3.C8H5F6N.C2H5I/c1-6-23(22(31)28-18-11-14(2)10-17(12-18)24(25,26)27)13-29(21(30)20(23)32-5)19-15(3)8-7-9-16(19)4;1-6-17(16(20)22-5)10-18(15(19)14(17)21-4)13-11(2)8-7-9-12(13)3;1-5-16(15(20)21-4)9-17(14(19)13(16)18)12-10(2)7-6-8-11(12)3;1-5-16(15(19)20-4)9-13(18)17(10-16)14-11(2)7-6-8-12(14)3;1-9-5-4-6-10(2)13(9)15-8-11(7-12(15)16)14(17)18-3;9-7(10,11)4-1-5(8(12,13)14)3-6(15)2-4;1-2-3/h7-12,20H,6,13H2,1-5H3,(H,28,31);7-9,14H,6,10H2,1-5H3;6-8,13,18H,5,9H2,1-4H3;6-8H,5,9-10H2,1-4H3;4-6,11H,7-8H2,1-3H3;1-3H,15H2;2H2,1H3/t20?,23-;;;;;;/m1....../s1. The van der Waals surface area contributed by atoms with Crippen LogP contribution in [0.1, 0.15) is 151 Å². The number of aliphatic hydroxyl groups excluding tert-OH is 1. The third-order valence-electron chi connectivity index (χ3n) is 24.4. The molecule has 5 aliphatic heterocycles. The molecule has 6 amide bonds. The minimum absolute atomic E-state index is 0.00495. The second kappa shape index (κ2) is 45.4. The van der Waals surface area contributed by atoms with Gasteiger partial charge in [0, 0.05) is 99.6 Å². The molecule has 0 aromatic heterocycles. The Labute approximate surface area is 772 Å². The number of esters is 4. The molecule has 0 bridgehead atoms. The summed E-state index contributed by atoms with van der Waals surface area (Å²) >= 11 is 2.29. The molecule has 714 valence electrons. The average Bonchev–Trinajstić information content (AvgIpc) is 1.59. The van der Waals surface area contributed by atoms with Crippen molar-refractivity contribution >= 4 is 122 Å². The Morgan fingerprint density at radius 1 is 0.427 bits per heavy atom. The van der Waals surface area contributed by atoms with Crippen LogP contribution in [0.25, 0.3) is 0 Å². The molecule has 12 rings (SSSR count). The molecule has 34 heteroatoms. The molecule has 7 unspecified atom stereocenters. The summed E-state index contributed by atoms with van der Waals surface area (Å²) in [5.41, 5.74) is 11.0. The zero-order valence-electron chi connectivity index (χ0n) is 78.0. The first-order valence-electron chi connectivity index (χ1n) is 42.3. The van der Waals surface area contributed by atoms with E-state index in [2.05, 4.69) is 34.8 Å². The fraction of sp³-hybridized carbons (Fsp3) is 0.464. The lowest BCUT2D eigenvalue weighted by Gasteiger charge is -2.30. The number of anilines is 7. The maximum absolute atomic E-state index is 13.5. The number of benzene rings is 7. The molecule has 5 saturated heterocycles. The summed E-state index contributed by atoms with van der Waals surface area (Å²) in [6.07, 6.45) is -15.3. The number of nitrogens with two attached hydrogens (primary N) is 1. The molecule has 0 spiro atoms. The van der Waals surface area contributed by atoms with Crippen molar-refractivity contribution in [3.05, 3.63) is 205 Å². The van der Waals surface area contributed by atoms with Crippen LogP contribution in [-0.4, -0.2) is 163 Å². The number of alkyl halides is 10. The number of para-hydroxylation sites is 5. The van der Waals surface area contributed by atoms with Crippen molar-refractivity contribution in [2.45, 2.75) is 186 Å². The maximum atomic E-state index is 13.5. The van der Waals surface area contributed by atoms with Crippen molar-refractivity contribution in [3.63, 3.8) is 0 Å². The van der Waals surface area contributed by atoms with Gasteiger partial charge in [0.1, 0.15) is 16.2 Å². The van der Waals surface area contributed by atoms with E-state index in [-0.39, 0.29) is 92.1 Å². The fourth-order valence-corrected chi connectivity index (χ4v) is 17.4. The zero-order chi connectivity index (χ0) is 98.9. The summed E-state index contributed by atoms with van der Waals surface area (Å²) in [7, 11) is 8.19. The molecule has 0 aliphatic carbocycles. The SMILES string of the molecule is CCC1(C(=O)OC)CC(=O)N(c2c(C)cccc2C)C1.CCC1(C(=O)OC)CN(c2c(C)cccc2C)C(=O)C1O.CCC1(C(=O)OC)CN(c2c(C)cccc2C)C(=O)C1OC.CCI.CC[C@@]1(C(=O)Nc2cc(C)cc(C(F)(F)F)c2)CN(c2c(C)cccc2C)C(=O)C1OC.COC(=O)C1CC(=O)N(c2c(C)cccc2C)C1.Nc1cc(C(F)(F)F)cc(C(F)(F)F)c1. The van der Waals surface area contributed by atoms with E-state index in [0.29, 0.717) is 50.0 Å². The van der Waals surface area contributed by atoms with Crippen LogP contribution in [0, 0.1) is 104 Å². The number of hydrogen-bond acceptors (Lipinski definition) is 18. The van der Waals surface area contributed by atoms with Gasteiger partial charge in [-0.15, -0.1) is 0 Å². The number of carbonyl (C=O) groups excluding carboxylic acids is 10. The van der Waals surface area contributed by atoms with Gasteiger partial charge in [0.05, 0.1) is 56.5 Å². The van der Waals surface area contributed by atoms with Crippen LogP contribution in [0.4, 0.5) is 79.3 Å².